The summed E-state index contributed by atoms with van der Waals surface area (Å²) in [5, 5.41) is 7.20. The minimum Gasteiger partial charge on any atom is -0.383 e. The van der Waals surface area contributed by atoms with E-state index in [9.17, 15) is 4.79 Å². The molecule has 0 amide bonds. The highest BCUT2D eigenvalue weighted by Gasteiger charge is 1.99. The maximum absolute atomic E-state index is 11.4. The number of ketones is 1. The van der Waals surface area contributed by atoms with Gasteiger partial charge >= 0.3 is 0 Å². The summed E-state index contributed by atoms with van der Waals surface area (Å²) in [5.41, 5.74) is 0.549. The molecule has 4 nitrogen and oxygen atoms in total. The monoisotopic (exact) mass is 177 g/mol. The Morgan fingerprint density at radius 1 is 1.46 bits per heavy atom. The lowest BCUT2D eigenvalue weighted by atomic mass is 10.2. The quantitative estimate of drug-likeness (QED) is 0.504. The number of aromatic nitrogens is 2. The first-order valence-corrected chi connectivity index (χ1v) is 3.86. The molecule has 4 heteroatoms. The minimum absolute atomic E-state index is 0.0661. The Kier molecular flexibility index (Phi) is 3.14. The second-order valence-electron chi connectivity index (χ2n) is 2.77. The zero-order valence-corrected chi connectivity index (χ0v) is 7.64. The smallest absolute Gasteiger partial charge is 0.188 e. The number of hydrogen-bond acceptors (Lipinski definition) is 4. The second kappa shape index (κ2) is 4.35. The summed E-state index contributed by atoms with van der Waals surface area (Å²) >= 11 is 0. The topological polar surface area (TPSA) is 46.1 Å². The lowest BCUT2D eigenvalue weighted by molar-refractivity contribution is 0.104. The Balaban J connectivity index is 2.70. The first-order chi connectivity index (χ1) is 6.20. The average molecular weight is 177 g/mol. The maximum atomic E-state index is 11.4. The van der Waals surface area contributed by atoms with Crippen LogP contribution in [0.3, 0.4) is 0 Å². The van der Waals surface area contributed by atoms with Crippen molar-refractivity contribution in [2.75, 3.05) is 14.1 Å². The highest BCUT2D eigenvalue weighted by molar-refractivity contribution is 6.04. The lowest BCUT2D eigenvalue weighted by Crippen LogP contribution is -2.03. The van der Waals surface area contributed by atoms with Gasteiger partial charge in [-0.1, -0.05) is 0 Å². The molecule has 1 rings (SSSR count). The molecule has 13 heavy (non-hydrogen) atoms. The van der Waals surface area contributed by atoms with Gasteiger partial charge in [0.1, 0.15) is 0 Å². The van der Waals surface area contributed by atoms with Crippen LogP contribution in [0, 0.1) is 0 Å². The molecule has 1 aromatic rings. The Hall–Kier alpha value is -1.71. The maximum Gasteiger partial charge on any atom is 0.188 e. The summed E-state index contributed by atoms with van der Waals surface area (Å²) in [4.78, 5) is 13.2. The van der Waals surface area contributed by atoms with E-state index in [-0.39, 0.29) is 5.78 Å². The SMILES string of the molecule is CN(C)C=CC(=O)c1ccnnc1. The van der Waals surface area contributed by atoms with Crippen LogP contribution in [-0.2, 0) is 0 Å². The van der Waals surface area contributed by atoms with Crippen molar-refractivity contribution >= 4 is 5.78 Å². The van der Waals surface area contributed by atoms with Crippen LogP contribution in [0.1, 0.15) is 10.4 Å². The van der Waals surface area contributed by atoms with Gasteiger partial charge in [-0.3, -0.25) is 4.79 Å². The predicted octanol–water partition coefficient (Wildman–Crippen LogP) is 0.735. The number of carbonyl (C=O) groups excluding carboxylic acids is 1. The van der Waals surface area contributed by atoms with Crippen molar-refractivity contribution in [2.24, 2.45) is 0 Å². The molecule has 1 aromatic heterocycles. The number of hydrogen-bond donors (Lipinski definition) is 0. The van der Waals surface area contributed by atoms with Gasteiger partial charge in [0.05, 0.1) is 12.4 Å². The highest BCUT2D eigenvalue weighted by atomic mass is 16.1. The van der Waals surface area contributed by atoms with Crippen molar-refractivity contribution in [1.29, 1.82) is 0 Å². The zero-order valence-electron chi connectivity index (χ0n) is 7.64. The number of carbonyl (C=O) groups is 1. The van der Waals surface area contributed by atoms with E-state index in [0.717, 1.165) is 0 Å². The fourth-order valence-corrected chi connectivity index (χ4v) is 0.749. The molecule has 0 spiro atoms. The van der Waals surface area contributed by atoms with Crippen LogP contribution < -0.4 is 0 Å². The summed E-state index contributed by atoms with van der Waals surface area (Å²) in [6.07, 6.45) is 6.14. The van der Waals surface area contributed by atoms with Crippen LogP contribution in [-0.4, -0.2) is 35.0 Å². The molecule has 0 atom stereocenters. The zero-order chi connectivity index (χ0) is 9.68. The molecule has 0 saturated heterocycles. The van der Waals surface area contributed by atoms with Gasteiger partial charge in [-0.15, -0.1) is 0 Å². The molecule has 0 aliphatic heterocycles. The third kappa shape index (κ3) is 3.02. The summed E-state index contributed by atoms with van der Waals surface area (Å²) in [5.74, 6) is -0.0661. The fourth-order valence-electron chi connectivity index (χ4n) is 0.749. The molecule has 0 aromatic carbocycles. The van der Waals surface area contributed by atoms with Crippen molar-refractivity contribution in [3.63, 3.8) is 0 Å². The van der Waals surface area contributed by atoms with E-state index in [1.54, 1.807) is 17.2 Å². The molecule has 0 radical (unpaired) electrons. The predicted molar refractivity (Wildman–Crippen MR) is 49.2 cm³/mol. The van der Waals surface area contributed by atoms with Gasteiger partial charge in [-0.25, -0.2) is 0 Å². The van der Waals surface area contributed by atoms with Crippen LogP contribution in [0.2, 0.25) is 0 Å². The minimum atomic E-state index is -0.0661. The molecule has 0 saturated carbocycles. The van der Waals surface area contributed by atoms with Crippen molar-refractivity contribution in [3.8, 4) is 0 Å². The van der Waals surface area contributed by atoms with Crippen molar-refractivity contribution in [3.05, 3.63) is 36.3 Å². The lowest BCUT2D eigenvalue weighted by Gasteiger charge is -2.02. The van der Waals surface area contributed by atoms with Gasteiger partial charge < -0.3 is 4.90 Å². The van der Waals surface area contributed by atoms with Crippen molar-refractivity contribution < 1.29 is 4.79 Å². The molecule has 0 bridgehead atoms. The van der Waals surface area contributed by atoms with Gasteiger partial charge in [-0.05, 0) is 6.07 Å². The third-order valence-corrected chi connectivity index (χ3v) is 1.39. The van der Waals surface area contributed by atoms with Crippen LogP contribution in [0.15, 0.2) is 30.7 Å². The second-order valence-corrected chi connectivity index (χ2v) is 2.77. The summed E-state index contributed by atoms with van der Waals surface area (Å²) in [6, 6.07) is 1.63. The van der Waals surface area contributed by atoms with Gasteiger partial charge in [0.2, 0.25) is 0 Å². The first-order valence-electron chi connectivity index (χ1n) is 3.86. The standard InChI is InChI=1S/C9H11N3O/c1-12(2)6-4-9(13)8-3-5-10-11-7-8/h3-7H,1-2H3. The molecule has 0 fully saturated rings. The Morgan fingerprint density at radius 2 is 2.23 bits per heavy atom. The molecule has 0 aliphatic rings. The molecule has 0 aliphatic carbocycles. The van der Waals surface area contributed by atoms with Crippen LogP contribution in [0.5, 0.6) is 0 Å². The van der Waals surface area contributed by atoms with E-state index in [1.807, 2.05) is 14.1 Å². The summed E-state index contributed by atoms with van der Waals surface area (Å²) in [7, 11) is 3.71. The molecule has 0 N–H and O–H groups in total. The Bertz CT molecular complexity index is 306. The van der Waals surface area contributed by atoms with Crippen molar-refractivity contribution in [2.45, 2.75) is 0 Å². The third-order valence-electron chi connectivity index (χ3n) is 1.39. The van der Waals surface area contributed by atoms with Crippen LogP contribution >= 0.6 is 0 Å². The van der Waals surface area contributed by atoms with Crippen LogP contribution in [0.4, 0.5) is 0 Å². The first kappa shape index (κ1) is 9.38. The normalized spacial score (nSPS) is 10.3. The van der Waals surface area contributed by atoms with E-state index >= 15 is 0 Å². The van der Waals surface area contributed by atoms with Gasteiger partial charge in [0.25, 0.3) is 0 Å². The molecule has 68 valence electrons. The van der Waals surface area contributed by atoms with Gasteiger partial charge in [0.15, 0.2) is 5.78 Å². The van der Waals surface area contributed by atoms with Gasteiger partial charge in [-0.2, -0.15) is 10.2 Å². The Morgan fingerprint density at radius 3 is 2.77 bits per heavy atom. The molecule has 1 heterocycles. The average Bonchev–Trinajstić information content (AvgIpc) is 2.15. The molecular weight excluding hydrogens is 166 g/mol. The van der Waals surface area contributed by atoms with Crippen LogP contribution in [0.25, 0.3) is 0 Å². The van der Waals surface area contributed by atoms with Crippen molar-refractivity contribution in [1.82, 2.24) is 15.1 Å². The van der Waals surface area contributed by atoms with E-state index < -0.39 is 0 Å². The van der Waals surface area contributed by atoms with E-state index in [0.29, 0.717) is 5.56 Å². The summed E-state index contributed by atoms with van der Waals surface area (Å²) < 4.78 is 0. The van der Waals surface area contributed by atoms with E-state index in [2.05, 4.69) is 10.2 Å². The number of allylic oxidation sites excluding steroid dienone is 1. The number of rotatable bonds is 3. The van der Waals surface area contributed by atoms with E-state index in [1.165, 1.54) is 18.5 Å². The fraction of sp³-hybridized carbons (Fsp3) is 0.222. The van der Waals surface area contributed by atoms with Gasteiger partial charge in [0, 0.05) is 31.9 Å². The van der Waals surface area contributed by atoms with E-state index in [4.69, 9.17) is 0 Å². The number of nitrogens with zero attached hydrogens (tertiary/aromatic N) is 3. The highest BCUT2D eigenvalue weighted by Crippen LogP contribution is 1.97. The summed E-state index contributed by atoms with van der Waals surface area (Å²) in [6.45, 7) is 0. The largest absolute Gasteiger partial charge is 0.383 e. The molecular formula is C9H11N3O. The Labute approximate surface area is 76.9 Å². The molecule has 0 unspecified atom stereocenters.